The van der Waals surface area contributed by atoms with E-state index in [1.54, 1.807) is 24.3 Å². The van der Waals surface area contributed by atoms with E-state index in [-0.39, 0.29) is 30.5 Å². The molecule has 0 spiro atoms. The van der Waals surface area contributed by atoms with E-state index in [0.29, 0.717) is 10.9 Å². The summed E-state index contributed by atoms with van der Waals surface area (Å²) < 4.78 is 1.24. The molecule has 0 aliphatic heterocycles. The predicted molar refractivity (Wildman–Crippen MR) is 96.2 cm³/mol. The van der Waals surface area contributed by atoms with Gasteiger partial charge in [0.05, 0.1) is 18.0 Å². The molecule has 0 saturated heterocycles. The van der Waals surface area contributed by atoms with Crippen molar-refractivity contribution in [1.82, 2.24) is 20.3 Å². The first-order valence-corrected chi connectivity index (χ1v) is 8.23. The number of fused-ring (bicyclic) bond motifs is 1. The Bertz CT molecular complexity index is 965. The Labute approximate surface area is 145 Å². The minimum absolute atomic E-state index is 0.0897. The summed E-state index contributed by atoms with van der Waals surface area (Å²) in [4.78, 5) is 24.6. The maximum Gasteiger partial charge on any atom is 0.277 e. The van der Waals surface area contributed by atoms with Gasteiger partial charge in [0.25, 0.3) is 5.56 Å². The van der Waals surface area contributed by atoms with E-state index in [1.165, 1.54) is 4.68 Å². The summed E-state index contributed by atoms with van der Waals surface area (Å²) in [6.07, 6.45) is 0.170. The molecule has 0 aliphatic carbocycles. The number of nitrogens with one attached hydrogen (secondary N) is 1. The predicted octanol–water partition coefficient (Wildman–Crippen LogP) is 2.37. The number of rotatable bonds is 5. The standard InChI is InChI=1S/C19H20N4O2/c1-13-7-3-4-8-15(13)14(2)20-18(24)11-12-23-19(25)16-9-5-6-10-17(16)21-22-23/h3-10,14H,11-12H2,1-2H3,(H,20,24). The second-order valence-electron chi connectivity index (χ2n) is 6.03. The summed E-state index contributed by atoms with van der Waals surface area (Å²) in [6.45, 7) is 4.16. The van der Waals surface area contributed by atoms with Crippen LogP contribution < -0.4 is 10.9 Å². The minimum Gasteiger partial charge on any atom is -0.350 e. The van der Waals surface area contributed by atoms with E-state index in [9.17, 15) is 9.59 Å². The van der Waals surface area contributed by atoms with Crippen LogP contribution in [0.4, 0.5) is 0 Å². The second kappa shape index (κ2) is 7.25. The van der Waals surface area contributed by atoms with Gasteiger partial charge in [-0.2, -0.15) is 0 Å². The molecule has 0 fully saturated rings. The van der Waals surface area contributed by atoms with Crippen molar-refractivity contribution in [3.05, 3.63) is 70.0 Å². The van der Waals surface area contributed by atoms with Crippen LogP contribution in [-0.2, 0) is 11.3 Å². The summed E-state index contributed by atoms with van der Waals surface area (Å²) in [5.74, 6) is -0.127. The number of hydrogen-bond donors (Lipinski definition) is 1. The van der Waals surface area contributed by atoms with E-state index in [1.807, 2.05) is 38.1 Å². The number of amides is 1. The van der Waals surface area contributed by atoms with Gasteiger partial charge in [0.15, 0.2) is 0 Å². The van der Waals surface area contributed by atoms with Crippen LogP contribution >= 0.6 is 0 Å². The number of benzene rings is 2. The molecule has 2 aromatic carbocycles. The fraction of sp³-hybridized carbons (Fsp3) is 0.263. The minimum atomic E-state index is -0.231. The van der Waals surface area contributed by atoms with Crippen LogP contribution in [0.1, 0.15) is 30.5 Å². The molecule has 6 heteroatoms. The molecule has 0 saturated carbocycles. The Morgan fingerprint density at radius 3 is 2.68 bits per heavy atom. The average Bonchev–Trinajstić information content (AvgIpc) is 2.61. The van der Waals surface area contributed by atoms with Crippen molar-refractivity contribution in [3.8, 4) is 0 Å². The van der Waals surface area contributed by atoms with Crippen LogP contribution in [-0.4, -0.2) is 20.9 Å². The lowest BCUT2D eigenvalue weighted by atomic mass is 10.0. The maximum atomic E-state index is 12.4. The Morgan fingerprint density at radius 2 is 1.88 bits per heavy atom. The topological polar surface area (TPSA) is 76.9 Å². The normalized spacial score (nSPS) is 12.1. The molecule has 1 amide bonds. The number of carbonyl (C=O) groups is 1. The van der Waals surface area contributed by atoms with Crippen LogP contribution in [0, 0.1) is 6.92 Å². The molecule has 6 nitrogen and oxygen atoms in total. The molecule has 3 rings (SSSR count). The van der Waals surface area contributed by atoms with E-state index in [4.69, 9.17) is 0 Å². The molecule has 1 unspecified atom stereocenters. The van der Waals surface area contributed by atoms with E-state index < -0.39 is 0 Å². The summed E-state index contributed by atoms with van der Waals surface area (Å²) in [5, 5.41) is 11.4. The number of hydrogen-bond acceptors (Lipinski definition) is 4. The highest BCUT2D eigenvalue weighted by Crippen LogP contribution is 2.16. The van der Waals surface area contributed by atoms with Gasteiger partial charge in [-0.1, -0.05) is 41.6 Å². The van der Waals surface area contributed by atoms with Crippen molar-refractivity contribution >= 4 is 16.8 Å². The Kier molecular flexibility index (Phi) is 4.88. The fourth-order valence-corrected chi connectivity index (χ4v) is 2.84. The molecular weight excluding hydrogens is 316 g/mol. The second-order valence-corrected chi connectivity index (χ2v) is 6.03. The first-order valence-electron chi connectivity index (χ1n) is 8.23. The highest BCUT2D eigenvalue weighted by Gasteiger charge is 2.12. The third-order valence-corrected chi connectivity index (χ3v) is 4.21. The molecule has 0 radical (unpaired) electrons. The number of aryl methyl sites for hydroxylation is 2. The Hall–Kier alpha value is -3.02. The van der Waals surface area contributed by atoms with Gasteiger partial charge in [0.2, 0.25) is 5.91 Å². The number of nitrogens with zero attached hydrogens (tertiary/aromatic N) is 3. The quantitative estimate of drug-likeness (QED) is 0.776. The Balaban J connectivity index is 1.66. The summed E-state index contributed by atoms with van der Waals surface area (Å²) in [5.41, 5.74) is 2.54. The maximum absolute atomic E-state index is 12.4. The van der Waals surface area contributed by atoms with Crippen molar-refractivity contribution in [1.29, 1.82) is 0 Å². The zero-order chi connectivity index (χ0) is 17.8. The third kappa shape index (κ3) is 3.74. The fourth-order valence-electron chi connectivity index (χ4n) is 2.84. The van der Waals surface area contributed by atoms with Gasteiger partial charge in [-0.05, 0) is 37.1 Å². The molecule has 1 aromatic heterocycles. The van der Waals surface area contributed by atoms with Crippen LogP contribution in [0.15, 0.2) is 53.3 Å². The number of aromatic nitrogens is 3. The molecule has 128 valence electrons. The van der Waals surface area contributed by atoms with Crippen molar-refractivity contribution in [2.24, 2.45) is 0 Å². The molecule has 1 N–H and O–H groups in total. The lowest BCUT2D eigenvalue weighted by molar-refractivity contribution is -0.122. The lowest BCUT2D eigenvalue weighted by Gasteiger charge is -2.16. The Morgan fingerprint density at radius 1 is 1.16 bits per heavy atom. The zero-order valence-corrected chi connectivity index (χ0v) is 14.3. The van der Waals surface area contributed by atoms with Gasteiger partial charge in [-0.3, -0.25) is 9.59 Å². The molecule has 0 aliphatic rings. The van der Waals surface area contributed by atoms with Crippen molar-refractivity contribution < 1.29 is 4.79 Å². The van der Waals surface area contributed by atoms with Gasteiger partial charge in [-0.15, -0.1) is 5.10 Å². The largest absolute Gasteiger partial charge is 0.350 e. The smallest absolute Gasteiger partial charge is 0.277 e. The van der Waals surface area contributed by atoms with Crippen LogP contribution in [0.3, 0.4) is 0 Å². The van der Waals surface area contributed by atoms with E-state index in [2.05, 4.69) is 15.6 Å². The average molecular weight is 336 g/mol. The molecule has 0 bridgehead atoms. The zero-order valence-electron chi connectivity index (χ0n) is 14.3. The van der Waals surface area contributed by atoms with Crippen molar-refractivity contribution in [2.75, 3.05) is 0 Å². The highest BCUT2D eigenvalue weighted by molar-refractivity contribution is 5.77. The van der Waals surface area contributed by atoms with Crippen molar-refractivity contribution in [3.63, 3.8) is 0 Å². The van der Waals surface area contributed by atoms with Crippen LogP contribution in [0.2, 0.25) is 0 Å². The first kappa shape index (κ1) is 16.8. The molecule has 1 heterocycles. The lowest BCUT2D eigenvalue weighted by Crippen LogP contribution is -2.31. The van der Waals surface area contributed by atoms with Crippen LogP contribution in [0.25, 0.3) is 10.9 Å². The SMILES string of the molecule is Cc1ccccc1C(C)NC(=O)CCn1nnc2ccccc2c1=O. The first-order chi connectivity index (χ1) is 12.1. The molecule has 3 aromatic rings. The van der Waals surface area contributed by atoms with Gasteiger partial charge in [0.1, 0.15) is 5.52 Å². The molecule has 1 atom stereocenters. The molecule has 25 heavy (non-hydrogen) atoms. The summed E-state index contributed by atoms with van der Waals surface area (Å²) in [6, 6.07) is 14.9. The van der Waals surface area contributed by atoms with Crippen molar-refractivity contribution in [2.45, 2.75) is 32.9 Å². The third-order valence-electron chi connectivity index (χ3n) is 4.21. The summed E-state index contributed by atoms with van der Waals surface area (Å²) in [7, 11) is 0. The van der Waals surface area contributed by atoms with E-state index in [0.717, 1.165) is 11.1 Å². The van der Waals surface area contributed by atoms with Gasteiger partial charge < -0.3 is 5.32 Å². The highest BCUT2D eigenvalue weighted by atomic mass is 16.2. The van der Waals surface area contributed by atoms with E-state index >= 15 is 0 Å². The van der Waals surface area contributed by atoms with Crippen LogP contribution in [0.5, 0.6) is 0 Å². The van der Waals surface area contributed by atoms with Gasteiger partial charge >= 0.3 is 0 Å². The van der Waals surface area contributed by atoms with Gasteiger partial charge in [-0.25, -0.2) is 4.68 Å². The number of carbonyl (C=O) groups excluding carboxylic acids is 1. The summed E-state index contributed by atoms with van der Waals surface area (Å²) >= 11 is 0. The van der Waals surface area contributed by atoms with Gasteiger partial charge in [0, 0.05) is 6.42 Å². The monoisotopic (exact) mass is 336 g/mol. The molecular formula is C19H20N4O2.